The van der Waals surface area contributed by atoms with Crippen LogP contribution in [0.15, 0.2) is 18.2 Å². The fourth-order valence-electron chi connectivity index (χ4n) is 1.57. The molecule has 7 heteroatoms. The smallest absolute Gasteiger partial charge is 0.319 e. The number of nitrogens with one attached hydrogen (secondary N) is 3. The number of hydrogen-bond donors (Lipinski definition) is 3. The lowest BCUT2D eigenvalue weighted by Crippen LogP contribution is -2.46. The Morgan fingerprint density at radius 1 is 1.38 bits per heavy atom. The maximum absolute atomic E-state index is 11.8. The summed E-state index contributed by atoms with van der Waals surface area (Å²) in [5, 5.41) is 8.25. The van der Waals surface area contributed by atoms with E-state index in [4.69, 9.17) is 16.3 Å². The van der Waals surface area contributed by atoms with Gasteiger partial charge in [0.25, 0.3) is 0 Å². The van der Waals surface area contributed by atoms with Gasteiger partial charge < -0.3 is 20.7 Å². The number of carbonyl (C=O) groups excluding carboxylic acids is 2. The van der Waals surface area contributed by atoms with E-state index in [0.29, 0.717) is 23.0 Å². The molecule has 0 heterocycles. The summed E-state index contributed by atoms with van der Waals surface area (Å²) in [6.07, 6.45) is 0.842. The lowest BCUT2D eigenvalue weighted by molar-refractivity contribution is -0.122. The Kier molecular flexibility index (Phi) is 6.81. The van der Waals surface area contributed by atoms with E-state index >= 15 is 0 Å². The number of carbonyl (C=O) groups is 2. The molecule has 1 aromatic rings. The Morgan fingerprint density at radius 3 is 2.67 bits per heavy atom. The van der Waals surface area contributed by atoms with E-state index in [1.165, 1.54) is 7.11 Å². The Morgan fingerprint density at radius 2 is 2.10 bits per heavy atom. The molecule has 0 aliphatic heterocycles. The highest BCUT2D eigenvalue weighted by atomic mass is 35.5. The van der Waals surface area contributed by atoms with Crippen LogP contribution in [0.1, 0.15) is 20.3 Å². The average Bonchev–Trinajstić information content (AvgIpc) is 2.44. The molecule has 21 heavy (non-hydrogen) atoms. The number of benzene rings is 1. The van der Waals surface area contributed by atoms with Crippen LogP contribution in [0.25, 0.3) is 0 Å². The Hall–Kier alpha value is -1.95. The van der Waals surface area contributed by atoms with Gasteiger partial charge in [0, 0.05) is 12.2 Å². The topological polar surface area (TPSA) is 79.5 Å². The molecule has 0 spiro atoms. The van der Waals surface area contributed by atoms with Crippen LogP contribution in [-0.2, 0) is 4.79 Å². The predicted molar refractivity (Wildman–Crippen MR) is 82.9 cm³/mol. The molecule has 0 bridgehead atoms. The van der Waals surface area contributed by atoms with Crippen molar-refractivity contribution in [2.75, 3.05) is 19.0 Å². The number of urea groups is 1. The van der Waals surface area contributed by atoms with Crippen molar-refractivity contribution in [3.8, 4) is 5.75 Å². The third-order valence-electron chi connectivity index (χ3n) is 2.70. The van der Waals surface area contributed by atoms with E-state index in [9.17, 15) is 9.59 Å². The first-order valence-electron chi connectivity index (χ1n) is 6.66. The number of methoxy groups -OCH3 is 1. The molecule has 0 fully saturated rings. The molecule has 0 radical (unpaired) electrons. The summed E-state index contributed by atoms with van der Waals surface area (Å²) < 4.78 is 5.03. The Labute approximate surface area is 129 Å². The number of halogens is 1. The van der Waals surface area contributed by atoms with Gasteiger partial charge in [0.1, 0.15) is 11.8 Å². The molecule has 0 aliphatic rings. The largest absolute Gasteiger partial charge is 0.495 e. The monoisotopic (exact) mass is 313 g/mol. The third-order valence-corrected chi connectivity index (χ3v) is 3.00. The molecular weight excluding hydrogens is 294 g/mol. The van der Waals surface area contributed by atoms with Gasteiger partial charge in [-0.3, -0.25) is 4.79 Å². The molecule has 6 nitrogen and oxygen atoms in total. The molecule has 1 atom stereocenters. The molecule has 0 unspecified atom stereocenters. The van der Waals surface area contributed by atoms with Gasteiger partial charge in [-0.2, -0.15) is 0 Å². The number of amides is 3. The molecule has 3 amide bonds. The first kappa shape index (κ1) is 17.1. The fraction of sp³-hybridized carbons (Fsp3) is 0.429. The molecule has 3 N–H and O–H groups in total. The molecule has 0 saturated heterocycles. The Balaban J connectivity index is 2.53. The van der Waals surface area contributed by atoms with E-state index in [2.05, 4.69) is 16.0 Å². The van der Waals surface area contributed by atoms with Crippen LogP contribution < -0.4 is 20.7 Å². The molecule has 116 valence electrons. The highest BCUT2D eigenvalue weighted by Gasteiger charge is 2.15. The van der Waals surface area contributed by atoms with Gasteiger partial charge in [-0.05, 0) is 31.5 Å². The quantitative estimate of drug-likeness (QED) is 0.754. The van der Waals surface area contributed by atoms with Crippen LogP contribution in [0.4, 0.5) is 10.5 Å². The summed E-state index contributed by atoms with van der Waals surface area (Å²) in [5.41, 5.74) is 0.513. The SMILES string of the molecule is CCCNC(=O)[C@H](C)NC(=O)Nc1ccc(OC)c(Cl)c1. The molecular formula is C14H20ClN3O3. The summed E-state index contributed by atoms with van der Waals surface area (Å²) in [7, 11) is 1.51. The van der Waals surface area contributed by atoms with Gasteiger partial charge in [0.05, 0.1) is 12.1 Å². The summed E-state index contributed by atoms with van der Waals surface area (Å²) >= 11 is 5.97. The van der Waals surface area contributed by atoms with Crippen molar-refractivity contribution in [2.24, 2.45) is 0 Å². The second kappa shape index (κ2) is 8.36. The minimum Gasteiger partial charge on any atom is -0.495 e. The minimum absolute atomic E-state index is 0.222. The van der Waals surface area contributed by atoms with Crippen molar-refractivity contribution in [3.63, 3.8) is 0 Å². The highest BCUT2D eigenvalue weighted by molar-refractivity contribution is 6.32. The maximum atomic E-state index is 11.8. The van der Waals surface area contributed by atoms with Crippen molar-refractivity contribution in [2.45, 2.75) is 26.3 Å². The lowest BCUT2D eigenvalue weighted by Gasteiger charge is -2.15. The zero-order valence-corrected chi connectivity index (χ0v) is 13.1. The standard InChI is InChI=1S/C14H20ClN3O3/c1-4-7-16-13(19)9(2)17-14(20)18-10-5-6-12(21-3)11(15)8-10/h5-6,8-9H,4,7H2,1-3H3,(H,16,19)(H2,17,18,20)/t9-/m0/s1. The van der Waals surface area contributed by atoms with Crippen LogP contribution in [0.3, 0.4) is 0 Å². The van der Waals surface area contributed by atoms with Gasteiger partial charge in [-0.15, -0.1) is 0 Å². The first-order chi connectivity index (χ1) is 9.97. The molecule has 0 aromatic heterocycles. The van der Waals surface area contributed by atoms with E-state index in [1.54, 1.807) is 25.1 Å². The average molecular weight is 314 g/mol. The van der Waals surface area contributed by atoms with Gasteiger partial charge in [0.2, 0.25) is 5.91 Å². The van der Waals surface area contributed by atoms with Crippen molar-refractivity contribution < 1.29 is 14.3 Å². The second-order valence-corrected chi connectivity index (χ2v) is 4.87. The van der Waals surface area contributed by atoms with Crippen molar-refractivity contribution in [1.82, 2.24) is 10.6 Å². The summed E-state index contributed by atoms with van der Waals surface area (Å²) in [6, 6.07) is 3.78. The van der Waals surface area contributed by atoms with Crippen LogP contribution in [0, 0.1) is 0 Å². The third kappa shape index (κ3) is 5.51. The Bertz CT molecular complexity index is 508. The minimum atomic E-state index is -0.620. The van der Waals surface area contributed by atoms with E-state index in [-0.39, 0.29) is 5.91 Å². The van der Waals surface area contributed by atoms with Gasteiger partial charge in [-0.1, -0.05) is 18.5 Å². The maximum Gasteiger partial charge on any atom is 0.319 e. The number of hydrogen-bond acceptors (Lipinski definition) is 3. The summed E-state index contributed by atoms with van der Waals surface area (Å²) in [4.78, 5) is 23.4. The number of anilines is 1. The highest BCUT2D eigenvalue weighted by Crippen LogP contribution is 2.27. The zero-order valence-electron chi connectivity index (χ0n) is 12.3. The first-order valence-corrected chi connectivity index (χ1v) is 7.04. The van der Waals surface area contributed by atoms with E-state index in [0.717, 1.165) is 6.42 Å². The van der Waals surface area contributed by atoms with Crippen molar-refractivity contribution in [3.05, 3.63) is 23.2 Å². The van der Waals surface area contributed by atoms with Crippen LogP contribution >= 0.6 is 11.6 Å². The number of ether oxygens (including phenoxy) is 1. The van der Waals surface area contributed by atoms with E-state index < -0.39 is 12.1 Å². The van der Waals surface area contributed by atoms with Gasteiger partial charge in [0.15, 0.2) is 0 Å². The van der Waals surface area contributed by atoms with Crippen LogP contribution in [0.2, 0.25) is 5.02 Å². The molecule has 0 saturated carbocycles. The molecule has 1 aromatic carbocycles. The van der Waals surface area contributed by atoms with Crippen LogP contribution in [0.5, 0.6) is 5.75 Å². The van der Waals surface area contributed by atoms with Crippen molar-refractivity contribution in [1.29, 1.82) is 0 Å². The molecule has 0 aliphatic carbocycles. The number of rotatable bonds is 6. The fourth-order valence-corrected chi connectivity index (χ4v) is 1.83. The second-order valence-electron chi connectivity index (χ2n) is 4.46. The lowest BCUT2D eigenvalue weighted by atomic mass is 10.3. The van der Waals surface area contributed by atoms with Gasteiger partial charge >= 0.3 is 6.03 Å². The zero-order chi connectivity index (χ0) is 15.8. The summed E-state index contributed by atoms with van der Waals surface area (Å²) in [6.45, 7) is 4.16. The van der Waals surface area contributed by atoms with Gasteiger partial charge in [-0.25, -0.2) is 4.79 Å². The van der Waals surface area contributed by atoms with E-state index in [1.807, 2.05) is 6.92 Å². The molecule has 1 rings (SSSR count). The van der Waals surface area contributed by atoms with Crippen molar-refractivity contribution >= 4 is 29.2 Å². The van der Waals surface area contributed by atoms with Crippen LogP contribution in [-0.4, -0.2) is 31.6 Å². The normalized spacial score (nSPS) is 11.4. The summed E-state index contributed by atoms with van der Waals surface area (Å²) in [5.74, 6) is 0.301. The predicted octanol–water partition coefficient (Wildman–Crippen LogP) is 2.38.